The summed E-state index contributed by atoms with van der Waals surface area (Å²) in [5.74, 6) is 0. The molecule has 4 aromatic rings. The first-order valence-electron chi connectivity index (χ1n) is 7.76. The third-order valence-corrected chi connectivity index (χ3v) is 4.21. The first-order chi connectivity index (χ1) is 11.3. The van der Waals surface area contributed by atoms with Gasteiger partial charge in [-0.05, 0) is 0 Å². The summed E-state index contributed by atoms with van der Waals surface area (Å²) in [7, 11) is 5.96. The van der Waals surface area contributed by atoms with Crippen LogP contribution in [0.15, 0.2) is 91.0 Å². The van der Waals surface area contributed by atoms with Gasteiger partial charge in [0, 0.05) is 0 Å². The Balaban J connectivity index is 0.00000113. The van der Waals surface area contributed by atoms with E-state index in [2.05, 4.69) is 66.7 Å². The largest absolute Gasteiger partial charge is 0.870 e. The molecule has 4 aromatic carbocycles. The Labute approximate surface area is 148 Å². The van der Waals surface area contributed by atoms with Crippen molar-refractivity contribution in [3.63, 3.8) is 0 Å². The van der Waals surface area contributed by atoms with Gasteiger partial charge in [0.05, 0.1) is 0 Å². The summed E-state index contributed by atoms with van der Waals surface area (Å²) in [6.45, 7) is 0. The van der Waals surface area contributed by atoms with Crippen molar-refractivity contribution in [2.24, 2.45) is 0 Å². The van der Waals surface area contributed by atoms with Gasteiger partial charge in [0.1, 0.15) is 0 Å². The van der Waals surface area contributed by atoms with E-state index in [1.54, 1.807) is 0 Å². The molecule has 0 spiro atoms. The van der Waals surface area contributed by atoms with Gasteiger partial charge in [0.25, 0.3) is 0 Å². The molecule has 0 aliphatic carbocycles. The number of rotatable bonds is 2. The van der Waals surface area contributed by atoms with Crippen molar-refractivity contribution in [2.45, 2.75) is 0 Å². The third kappa shape index (κ3) is 3.48. The second kappa shape index (κ2) is 7.80. The topological polar surface area (TPSA) is 60.0 Å². The third-order valence-electron chi connectivity index (χ3n) is 4.21. The SMILES string of the molecule is [B+2]c1cccc(-c2ccc(-c3ccccc3)c3ccccc23)c1.[OH-].[OH-]. The Bertz CT molecular complexity index is 981. The van der Waals surface area contributed by atoms with E-state index >= 15 is 0 Å². The summed E-state index contributed by atoms with van der Waals surface area (Å²) in [5, 5.41) is 2.51. The van der Waals surface area contributed by atoms with E-state index in [1.165, 1.54) is 27.5 Å². The van der Waals surface area contributed by atoms with E-state index in [-0.39, 0.29) is 11.0 Å². The molecule has 0 aliphatic heterocycles. The quantitative estimate of drug-likeness (QED) is 0.505. The molecule has 0 aromatic heterocycles. The van der Waals surface area contributed by atoms with Gasteiger partial charge < -0.3 is 11.0 Å². The summed E-state index contributed by atoms with van der Waals surface area (Å²) < 4.78 is 0. The zero-order valence-electron chi connectivity index (χ0n) is 13.6. The maximum atomic E-state index is 5.96. The van der Waals surface area contributed by atoms with E-state index in [1.807, 2.05) is 24.3 Å². The summed E-state index contributed by atoms with van der Waals surface area (Å²) in [6.07, 6.45) is 0. The molecule has 2 N–H and O–H groups in total. The van der Waals surface area contributed by atoms with E-state index < -0.39 is 0 Å². The molecule has 0 bridgehead atoms. The van der Waals surface area contributed by atoms with E-state index in [0.717, 1.165) is 11.0 Å². The number of benzene rings is 4. The molecular formula is C22H17BO2. The van der Waals surface area contributed by atoms with Crippen LogP contribution in [0.5, 0.6) is 0 Å². The zero-order chi connectivity index (χ0) is 15.6. The summed E-state index contributed by atoms with van der Waals surface area (Å²) in [4.78, 5) is 0. The normalized spacial score (nSPS) is 10.0. The average molecular weight is 324 g/mol. The Morgan fingerprint density at radius 2 is 1.00 bits per heavy atom. The smallest absolute Gasteiger partial charge is 0.870 e. The number of hydrogen-bond donors (Lipinski definition) is 0. The van der Waals surface area contributed by atoms with Crippen LogP contribution in [0.1, 0.15) is 0 Å². The summed E-state index contributed by atoms with van der Waals surface area (Å²) >= 11 is 0. The van der Waals surface area contributed by atoms with Gasteiger partial charge in [0.2, 0.25) is 0 Å². The van der Waals surface area contributed by atoms with Crippen molar-refractivity contribution < 1.29 is 11.0 Å². The maximum absolute atomic E-state index is 5.96. The van der Waals surface area contributed by atoms with E-state index in [0.29, 0.717) is 0 Å². The predicted molar refractivity (Wildman–Crippen MR) is 104 cm³/mol. The van der Waals surface area contributed by atoms with Crippen molar-refractivity contribution in [3.8, 4) is 22.3 Å². The van der Waals surface area contributed by atoms with Crippen molar-refractivity contribution >= 4 is 24.1 Å². The Hall–Kier alpha value is -2.88. The van der Waals surface area contributed by atoms with Crippen LogP contribution in [-0.2, 0) is 0 Å². The molecule has 3 heteroatoms. The van der Waals surface area contributed by atoms with Gasteiger partial charge in [-0.1, -0.05) is 0 Å². The fraction of sp³-hybridized carbons (Fsp3) is 0. The summed E-state index contributed by atoms with van der Waals surface area (Å²) in [5.41, 5.74) is 5.66. The fourth-order valence-electron chi connectivity index (χ4n) is 3.13. The molecule has 25 heavy (non-hydrogen) atoms. The van der Waals surface area contributed by atoms with Gasteiger partial charge >= 0.3 is 137 Å². The van der Waals surface area contributed by atoms with Crippen LogP contribution in [0.25, 0.3) is 33.0 Å². The van der Waals surface area contributed by atoms with Crippen LogP contribution in [0.3, 0.4) is 0 Å². The van der Waals surface area contributed by atoms with Crippen LogP contribution in [0.2, 0.25) is 0 Å². The van der Waals surface area contributed by atoms with Crippen LogP contribution >= 0.6 is 0 Å². The molecule has 120 valence electrons. The average Bonchev–Trinajstić information content (AvgIpc) is 2.61. The monoisotopic (exact) mass is 324 g/mol. The second-order valence-electron chi connectivity index (χ2n) is 5.70. The Morgan fingerprint density at radius 3 is 1.60 bits per heavy atom. The fourth-order valence-corrected chi connectivity index (χ4v) is 3.13. The molecule has 0 unspecified atom stereocenters. The molecule has 0 amide bonds. The number of hydrogen-bond acceptors (Lipinski definition) is 2. The molecule has 0 atom stereocenters. The minimum absolute atomic E-state index is 0. The Kier molecular flexibility index (Phi) is 5.76. The van der Waals surface area contributed by atoms with Crippen LogP contribution in [0.4, 0.5) is 0 Å². The molecule has 0 aliphatic rings. The zero-order valence-corrected chi connectivity index (χ0v) is 13.6. The molecule has 0 radical (unpaired) electrons. The number of fused-ring (bicyclic) bond motifs is 1. The van der Waals surface area contributed by atoms with E-state index in [4.69, 9.17) is 7.85 Å². The molecule has 0 saturated carbocycles. The van der Waals surface area contributed by atoms with Gasteiger partial charge in [0.15, 0.2) is 0 Å². The minimum Gasteiger partial charge on any atom is -0.870 e. The minimum atomic E-state index is 0. The van der Waals surface area contributed by atoms with Crippen molar-refractivity contribution in [1.29, 1.82) is 0 Å². The van der Waals surface area contributed by atoms with E-state index in [9.17, 15) is 0 Å². The maximum Gasteiger partial charge on any atom is -0.870 e. The van der Waals surface area contributed by atoms with Crippen LogP contribution in [-0.4, -0.2) is 18.8 Å². The predicted octanol–water partition coefficient (Wildman–Crippen LogP) is 4.61. The van der Waals surface area contributed by atoms with Gasteiger partial charge in [-0.25, -0.2) is 0 Å². The molecule has 4 rings (SSSR count). The standard InChI is InChI=1S/C22H15B.2H2O/c23-18-10-6-9-17(15-18)20-14-13-19(16-7-2-1-3-8-16)21-11-4-5-12-22(20)21;;/h1-15H;2*1H2/q+2;;/p-2. The van der Waals surface area contributed by atoms with Crippen molar-refractivity contribution in [2.75, 3.05) is 0 Å². The first kappa shape index (κ1) is 18.5. The van der Waals surface area contributed by atoms with Crippen molar-refractivity contribution in [3.05, 3.63) is 91.0 Å². The molecule has 0 fully saturated rings. The van der Waals surface area contributed by atoms with Gasteiger partial charge in [-0.15, -0.1) is 0 Å². The first-order valence-corrected chi connectivity index (χ1v) is 7.76. The molecule has 0 heterocycles. The molecule has 2 nitrogen and oxygen atoms in total. The van der Waals surface area contributed by atoms with Gasteiger partial charge in [-0.3, -0.25) is 0 Å². The molecular weight excluding hydrogens is 307 g/mol. The second-order valence-corrected chi connectivity index (χ2v) is 5.70. The summed E-state index contributed by atoms with van der Waals surface area (Å²) in [6, 6.07) is 31.5. The van der Waals surface area contributed by atoms with Crippen LogP contribution < -0.4 is 5.46 Å². The van der Waals surface area contributed by atoms with Crippen molar-refractivity contribution in [1.82, 2.24) is 0 Å². The Morgan fingerprint density at radius 1 is 0.480 bits per heavy atom. The van der Waals surface area contributed by atoms with Gasteiger partial charge in [-0.2, -0.15) is 0 Å². The van der Waals surface area contributed by atoms with Crippen LogP contribution in [0, 0.1) is 0 Å². The molecule has 0 saturated heterocycles.